The van der Waals surface area contributed by atoms with E-state index in [9.17, 15) is 9.59 Å². The van der Waals surface area contributed by atoms with Crippen LogP contribution in [0, 0.1) is 0 Å². The number of tetrazole rings is 1. The van der Waals surface area contributed by atoms with Crippen molar-refractivity contribution in [2.75, 3.05) is 40.4 Å². The van der Waals surface area contributed by atoms with Gasteiger partial charge in [0.15, 0.2) is 23.1 Å². The quantitative estimate of drug-likeness (QED) is 0.406. The van der Waals surface area contributed by atoms with Crippen molar-refractivity contribution >= 4 is 16.8 Å². The van der Waals surface area contributed by atoms with Gasteiger partial charge in [-0.25, -0.2) is 4.68 Å². The van der Waals surface area contributed by atoms with Crippen LogP contribution in [0.3, 0.4) is 0 Å². The van der Waals surface area contributed by atoms with E-state index in [1.165, 1.54) is 6.26 Å². The maximum absolute atomic E-state index is 13.5. The molecule has 1 aliphatic heterocycles. The third-order valence-corrected chi connectivity index (χ3v) is 6.74. The molecule has 200 valence electrons. The van der Waals surface area contributed by atoms with Gasteiger partial charge in [-0.1, -0.05) is 0 Å². The van der Waals surface area contributed by atoms with Crippen LogP contribution in [0.1, 0.15) is 48.8 Å². The number of benzene rings is 1. The summed E-state index contributed by atoms with van der Waals surface area (Å²) in [5, 5.41) is 13.4. The highest BCUT2D eigenvalue weighted by molar-refractivity contribution is 5.91. The molecule has 4 heterocycles. The molecule has 4 aromatic rings. The van der Waals surface area contributed by atoms with Gasteiger partial charge in [-0.2, -0.15) is 0 Å². The highest BCUT2D eigenvalue weighted by atomic mass is 16.5. The second kappa shape index (κ2) is 9.93. The van der Waals surface area contributed by atoms with Crippen molar-refractivity contribution in [1.29, 1.82) is 0 Å². The number of hydrogen-bond donors (Lipinski definition) is 1. The Morgan fingerprint density at radius 1 is 1.08 bits per heavy atom. The lowest BCUT2D eigenvalue weighted by Gasteiger charge is -2.39. The molecule has 0 spiro atoms. The summed E-state index contributed by atoms with van der Waals surface area (Å²) in [5.41, 5.74) is 0.441. The summed E-state index contributed by atoms with van der Waals surface area (Å²) < 4.78 is 17.9. The van der Waals surface area contributed by atoms with Crippen LogP contribution < -0.4 is 15.0 Å². The van der Waals surface area contributed by atoms with E-state index in [4.69, 9.17) is 13.9 Å². The fourth-order valence-corrected chi connectivity index (χ4v) is 4.83. The van der Waals surface area contributed by atoms with Gasteiger partial charge < -0.3 is 23.8 Å². The lowest BCUT2D eigenvalue weighted by molar-refractivity contribution is 0.0555. The summed E-state index contributed by atoms with van der Waals surface area (Å²) in [4.78, 5) is 33.3. The van der Waals surface area contributed by atoms with Crippen LogP contribution in [0.25, 0.3) is 10.9 Å². The first-order valence-corrected chi connectivity index (χ1v) is 12.4. The fourth-order valence-electron chi connectivity index (χ4n) is 4.83. The first kappa shape index (κ1) is 25.5. The summed E-state index contributed by atoms with van der Waals surface area (Å²) in [6, 6.07) is 8.23. The number of nitrogens with zero attached hydrogens (tertiary/aromatic N) is 6. The summed E-state index contributed by atoms with van der Waals surface area (Å²) in [6.45, 7) is 7.96. The topological polar surface area (TPSA) is 132 Å². The molecule has 12 nitrogen and oxygen atoms in total. The number of nitrogens with one attached hydrogen (secondary N) is 1. The summed E-state index contributed by atoms with van der Waals surface area (Å²) in [6.07, 6.45) is 1.49. The molecular formula is C26H31N7O5. The number of piperazine rings is 1. The minimum atomic E-state index is -0.550. The molecule has 1 aromatic carbocycles. The number of amides is 1. The zero-order valence-electron chi connectivity index (χ0n) is 22.1. The monoisotopic (exact) mass is 521 g/mol. The number of carbonyl (C=O) groups is 1. The number of furan rings is 1. The van der Waals surface area contributed by atoms with Crippen molar-refractivity contribution in [2.45, 2.75) is 32.4 Å². The number of ether oxygens (including phenoxy) is 2. The molecule has 1 aliphatic rings. The Kier molecular flexibility index (Phi) is 6.66. The number of fused-ring (bicyclic) bond motifs is 1. The second-order valence-electron chi connectivity index (χ2n) is 10.2. The molecule has 1 saturated heterocycles. The normalized spacial score (nSPS) is 15.6. The molecule has 1 N–H and O–H groups in total. The van der Waals surface area contributed by atoms with Gasteiger partial charge in [-0.15, -0.1) is 5.10 Å². The van der Waals surface area contributed by atoms with Crippen LogP contribution in [0.15, 0.2) is 45.8 Å². The van der Waals surface area contributed by atoms with E-state index in [0.29, 0.717) is 60.3 Å². The number of carbonyl (C=O) groups excluding carboxylic acids is 1. The van der Waals surface area contributed by atoms with Gasteiger partial charge in [-0.3, -0.25) is 14.5 Å². The van der Waals surface area contributed by atoms with Crippen molar-refractivity contribution in [2.24, 2.45) is 0 Å². The lowest BCUT2D eigenvalue weighted by atomic mass is 10.0. The standard InChI is InChI=1S/C26H31N7O5/c1-26(2,3)33-23(28-29-30-33)22(31-8-10-32(11-9-31)25(35)19-7-6-12-38-19)17-13-16-14-20(36-4)21(37-5)15-18(16)27-24(17)34/h6-7,12-15,22H,8-11H2,1-5H3,(H,27,34)/t22-/m0/s1. The Morgan fingerprint density at radius 3 is 2.42 bits per heavy atom. The highest BCUT2D eigenvalue weighted by Gasteiger charge is 2.36. The number of aromatic nitrogens is 5. The molecule has 0 radical (unpaired) electrons. The van der Waals surface area contributed by atoms with E-state index in [1.54, 1.807) is 42.0 Å². The Labute approximate surface area is 219 Å². The van der Waals surface area contributed by atoms with E-state index in [2.05, 4.69) is 25.4 Å². The molecule has 5 rings (SSSR count). The molecule has 1 fully saturated rings. The summed E-state index contributed by atoms with van der Waals surface area (Å²) in [5.74, 6) is 1.78. The zero-order chi connectivity index (χ0) is 27.0. The predicted octanol–water partition coefficient (Wildman–Crippen LogP) is 2.43. The molecule has 0 saturated carbocycles. The fraction of sp³-hybridized carbons (Fsp3) is 0.423. The SMILES string of the molecule is COc1cc2cc([C@@H](c3nnnn3C(C)(C)C)N3CCN(C(=O)c4ccco4)CC3)c(=O)[nH]c2cc1OC. The number of rotatable bonds is 6. The second-order valence-corrected chi connectivity index (χ2v) is 10.2. The average Bonchev–Trinajstić information content (AvgIpc) is 3.61. The zero-order valence-corrected chi connectivity index (χ0v) is 22.1. The molecule has 0 unspecified atom stereocenters. The van der Waals surface area contributed by atoms with Gasteiger partial charge >= 0.3 is 0 Å². The molecule has 12 heteroatoms. The Balaban J connectivity index is 1.56. The third kappa shape index (κ3) is 4.62. The van der Waals surface area contributed by atoms with Crippen LogP contribution in [0.4, 0.5) is 0 Å². The van der Waals surface area contributed by atoms with Gasteiger partial charge in [0.1, 0.15) is 6.04 Å². The molecule has 1 amide bonds. The van der Waals surface area contributed by atoms with Gasteiger partial charge in [0.25, 0.3) is 11.5 Å². The van der Waals surface area contributed by atoms with E-state index >= 15 is 0 Å². The Hall–Kier alpha value is -4.19. The van der Waals surface area contributed by atoms with Crippen molar-refractivity contribution < 1.29 is 18.7 Å². The van der Waals surface area contributed by atoms with Crippen LogP contribution in [0.5, 0.6) is 11.5 Å². The van der Waals surface area contributed by atoms with E-state index in [1.807, 2.05) is 32.9 Å². The van der Waals surface area contributed by atoms with Gasteiger partial charge in [0.2, 0.25) is 0 Å². The number of H-pyrrole nitrogens is 1. The van der Waals surface area contributed by atoms with Crippen molar-refractivity contribution in [3.63, 3.8) is 0 Å². The molecule has 38 heavy (non-hydrogen) atoms. The van der Waals surface area contributed by atoms with Crippen LogP contribution >= 0.6 is 0 Å². The Bertz CT molecular complexity index is 1490. The number of methoxy groups -OCH3 is 2. The third-order valence-electron chi connectivity index (χ3n) is 6.74. The predicted molar refractivity (Wildman–Crippen MR) is 139 cm³/mol. The van der Waals surface area contributed by atoms with Gasteiger partial charge in [0.05, 0.1) is 31.5 Å². The molecule has 1 atom stereocenters. The van der Waals surface area contributed by atoms with E-state index in [0.717, 1.165) is 5.39 Å². The van der Waals surface area contributed by atoms with Crippen molar-refractivity contribution in [3.05, 3.63) is 64.1 Å². The largest absolute Gasteiger partial charge is 0.493 e. The average molecular weight is 522 g/mol. The Morgan fingerprint density at radius 2 is 1.79 bits per heavy atom. The molecule has 3 aromatic heterocycles. The summed E-state index contributed by atoms with van der Waals surface area (Å²) >= 11 is 0. The van der Waals surface area contributed by atoms with Gasteiger partial charge in [0, 0.05) is 43.2 Å². The highest BCUT2D eigenvalue weighted by Crippen LogP contribution is 2.34. The smallest absolute Gasteiger partial charge is 0.289 e. The lowest BCUT2D eigenvalue weighted by Crippen LogP contribution is -2.51. The van der Waals surface area contributed by atoms with Crippen molar-refractivity contribution in [1.82, 2.24) is 35.0 Å². The number of hydrogen-bond acceptors (Lipinski definition) is 9. The molecule has 0 aliphatic carbocycles. The maximum atomic E-state index is 13.5. The number of pyridine rings is 1. The van der Waals surface area contributed by atoms with E-state index in [-0.39, 0.29) is 11.5 Å². The van der Waals surface area contributed by atoms with Crippen LogP contribution in [-0.2, 0) is 5.54 Å². The molecular weight excluding hydrogens is 490 g/mol. The number of aromatic amines is 1. The van der Waals surface area contributed by atoms with E-state index < -0.39 is 11.6 Å². The van der Waals surface area contributed by atoms with Crippen LogP contribution in [-0.4, -0.2) is 81.3 Å². The minimum Gasteiger partial charge on any atom is -0.493 e. The molecule has 0 bridgehead atoms. The first-order chi connectivity index (χ1) is 18.2. The minimum absolute atomic E-state index is 0.157. The van der Waals surface area contributed by atoms with Gasteiger partial charge in [-0.05, 0) is 55.5 Å². The summed E-state index contributed by atoms with van der Waals surface area (Å²) in [7, 11) is 3.12. The first-order valence-electron chi connectivity index (χ1n) is 12.4. The van der Waals surface area contributed by atoms with Crippen molar-refractivity contribution in [3.8, 4) is 11.5 Å². The van der Waals surface area contributed by atoms with Crippen LogP contribution in [0.2, 0.25) is 0 Å². The maximum Gasteiger partial charge on any atom is 0.289 e.